The summed E-state index contributed by atoms with van der Waals surface area (Å²) in [5, 5.41) is 10.9. The van der Waals surface area contributed by atoms with E-state index in [1.54, 1.807) is 11.8 Å². The number of amides is 1. The molecule has 1 atom stereocenters. The number of hydrogen-bond donors (Lipinski definition) is 0. The van der Waals surface area contributed by atoms with Gasteiger partial charge in [-0.25, -0.2) is 14.7 Å². The van der Waals surface area contributed by atoms with Gasteiger partial charge in [0.05, 0.1) is 24.6 Å². The molecule has 40 heavy (non-hydrogen) atoms. The third-order valence-corrected chi connectivity index (χ3v) is 7.09. The first-order valence-electron chi connectivity index (χ1n) is 13.5. The molecule has 1 amide bonds. The highest BCUT2D eigenvalue weighted by molar-refractivity contribution is 6.03. The number of hydrazone groups is 1. The number of carbonyl (C=O) groups is 1. The van der Waals surface area contributed by atoms with Gasteiger partial charge in [-0.05, 0) is 68.7 Å². The highest BCUT2D eigenvalue weighted by Crippen LogP contribution is 2.33. The number of benzene rings is 2. The summed E-state index contributed by atoms with van der Waals surface area (Å²) >= 11 is 0. The lowest BCUT2D eigenvalue weighted by Gasteiger charge is -2.23. The van der Waals surface area contributed by atoms with Crippen molar-refractivity contribution >= 4 is 11.6 Å². The summed E-state index contributed by atoms with van der Waals surface area (Å²) in [5.41, 5.74) is 5.85. The van der Waals surface area contributed by atoms with Gasteiger partial charge in [-0.15, -0.1) is 0 Å². The van der Waals surface area contributed by atoms with Gasteiger partial charge in [0.25, 0.3) is 11.5 Å². The maximum Gasteiger partial charge on any atom is 0.263 e. The Bertz CT molecular complexity index is 1620. The first-order chi connectivity index (χ1) is 19.3. The fraction of sp³-hybridized carbons (Fsp3) is 0.323. The molecule has 0 saturated heterocycles. The number of nitrogens with zero attached hydrogens (tertiary/aromatic N) is 6. The Balaban J connectivity index is 1.54. The molecule has 0 N–H and O–H groups in total. The van der Waals surface area contributed by atoms with Crippen molar-refractivity contribution in [1.29, 1.82) is 0 Å². The van der Waals surface area contributed by atoms with Crippen LogP contribution in [0.2, 0.25) is 0 Å². The topological polar surface area (TPSA) is 94.6 Å². The lowest BCUT2D eigenvalue weighted by molar-refractivity contribution is -0.133. The molecular formula is C31H34N6O3. The van der Waals surface area contributed by atoms with Crippen LogP contribution in [0.1, 0.15) is 59.6 Å². The van der Waals surface area contributed by atoms with Crippen molar-refractivity contribution in [2.45, 2.75) is 59.5 Å². The predicted molar refractivity (Wildman–Crippen MR) is 154 cm³/mol. The van der Waals surface area contributed by atoms with Crippen LogP contribution in [0.15, 0.2) is 70.6 Å². The van der Waals surface area contributed by atoms with Crippen LogP contribution in [0.3, 0.4) is 0 Å². The summed E-state index contributed by atoms with van der Waals surface area (Å²) in [6.07, 6.45) is 2.06. The van der Waals surface area contributed by atoms with Crippen molar-refractivity contribution in [2.75, 3.05) is 7.11 Å². The van der Waals surface area contributed by atoms with Gasteiger partial charge in [0, 0.05) is 23.9 Å². The molecule has 3 heterocycles. The number of carbonyl (C=O) groups excluding carboxylic acids is 1. The van der Waals surface area contributed by atoms with Gasteiger partial charge in [0.2, 0.25) is 5.95 Å². The number of ether oxygens (including phenoxy) is 1. The maximum absolute atomic E-state index is 14.0. The summed E-state index contributed by atoms with van der Waals surface area (Å²) in [6, 6.07) is 18.9. The Morgan fingerprint density at radius 3 is 2.38 bits per heavy atom. The Morgan fingerprint density at radius 2 is 1.75 bits per heavy atom. The molecule has 206 valence electrons. The second kappa shape index (κ2) is 11.3. The first-order valence-corrected chi connectivity index (χ1v) is 13.5. The predicted octanol–water partition coefficient (Wildman–Crippen LogP) is 4.69. The lowest BCUT2D eigenvalue weighted by Crippen LogP contribution is -2.36. The highest BCUT2D eigenvalue weighted by Gasteiger charge is 2.34. The van der Waals surface area contributed by atoms with Crippen molar-refractivity contribution in [2.24, 2.45) is 5.10 Å². The number of methoxy groups -OCH3 is 1. The number of aryl methyl sites for hydroxylation is 4. The summed E-state index contributed by atoms with van der Waals surface area (Å²) in [6.45, 7) is 7.65. The molecule has 0 radical (unpaired) electrons. The largest absolute Gasteiger partial charge is 0.497 e. The first kappa shape index (κ1) is 27.1. The minimum atomic E-state index is -0.302. The van der Waals surface area contributed by atoms with E-state index in [1.807, 2.05) is 82.3 Å². The van der Waals surface area contributed by atoms with Gasteiger partial charge in [-0.2, -0.15) is 10.2 Å². The van der Waals surface area contributed by atoms with Crippen LogP contribution >= 0.6 is 0 Å². The summed E-state index contributed by atoms with van der Waals surface area (Å²) in [7, 11) is 1.63. The maximum atomic E-state index is 14.0. The van der Waals surface area contributed by atoms with Crippen LogP contribution in [0.25, 0.3) is 5.95 Å². The zero-order valence-corrected chi connectivity index (χ0v) is 23.6. The van der Waals surface area contributed by atoms with E-state index >= 15 is 0 Å². The third kappa shape index (κ3) is 5.45. The molecule has 2 aromatic heterocycles. The summed E-state index contributed by atoms with van der Waals surface area (Å²) in [4.78, 5) is 32.1. The molecule has 9 nitrogen and oxygen atoms in total. The Hall–Kier alpha value is -4.53. The van der Waals surface area contributed by atoms with E-state index in [0.717, 1.165) is 46.0 Å². The average Bonchev–Trinajstić information content (AvgIpc) is 3.53. The van der Waals surface area contributed by atoms with Gasteiger partial charge < -0.3 is 4.74 Å². The van der Waals surface area contributed by atoms with E-state index < -0.39 is 0 Å². The Morgan fingerprint density at radius 1 is 1.02 bits per heavy atom. The second-order valence-electron chi connectivity index (χ2n) is 10.2. The second-order valence-corrected chi connectivity index (χ2v) is 10.2. The molecule has 1 aliphatic rings. The summed E-state index contributed by atoms with van der Waals surface area (Å²) in [5.74, 6) is 0.782. The van der Waals surface area contributed by atoms with Gasteiger partial charge in [0.15, 0.2) is 0 Å². The highest BCUT2D eigenvalue weighted by atomic mass is 16.5. The lowest BCUT2D eigenvalue weighted by atomic mass is 9.97. The molecule has 9 heteroatoms. The van der Waals surface area contributed by atoms with Crippen LogP contribution in [0.4, 0.5) is 0 Å². The van der Waals surface area contributed by atoms with E-state index in [0.29, 0.717) is 24.5 Å². The quantitative estimate of drug-likeness (QED) is 0.324. The van der Waals surface area contributed by atoms with Crippen LogP contribution < -0.4 is 10.3 Å². The smallest absolute Gasteiger partial charge is 0.263 e. The van der Waals surface area contributed by atoms with Crippen molar-refractivity contribution in [1.82, 2.24) is 24.3 Å². The van der Waals surface area contributed by atoms with Gasteiger partial charge >= 0.3 is 0 Å². The minimum Gasteiger partial charge on any atom is -0.497 e. The third-order valence-electron chi connectivity index (χ3n) is 7.09. The van der Waals surface area contributed by atoms with Crippen LogP contribution in [-0.4, -0.2) is 43.1 Å². The van der Waals surface area contributed by atoms with E-state index in [1.165, 1.54) is 15.6 Å². The zero-order valence-electron chi connectivity index (χ0n) is 23.6. The average molecular weight is 539 g/mol. The van der Waals surface area contributed by atoms with E-state index in [2.05, 4.69) is 5.10 Å². The normalized spacial score (nSPS) is 14.9. The number of hydrogen-bond acceptors (Lipinski definition) is 6. The van der Waals surface area contributed by atoms with Gasteiger partial charge in [0.1, 0.15) is 12.3 Å². The number of rotatable bonds is 8. The van der Waals surface area contributed by atoms with E-state index in [-0.39, 0.29) is 24.1 Å². The molecule has 5 rings (SSSR count). The molecule has 0 fully saturated rings. The molecule has 2 aromatic carbocycles. The molecule has 1 aliphatic heterocycles. The van der Waals surface area contributed by atoms with Crippen molar-refractivity contribution in [3.05, 3.63) is 105 Å². The van der Waals surface area contributed by atoms with Crippen molar-refractivity contribution in [3.8, 4) is 11.7 Å². The Labute approximate surface area is 233 Å². The van der Waals surface area contributed by atoms with Crippen LogP contribution in [0, 0.1) is 20.8 Å². The van der Waals surface area contributed by atoms with Gasteiger partial charge in [-0.3, -0.25) is 14.2 Å². The van der Waals surface area contributed by atoms with Crippen molar-refractivity contribution in [3.63, 3.8) is 0 Å². The standard InChI is InChI=1S/C31H34N6O3/c1-6-7-25-17-29(38)35(31(32-25)36-22(4)16-21(3)33-36)19-30(39)37-28(24-10-8-20(2)9-11-24)18-27(34-37)23-12-14-26(40-5)15-13-23/h8-17,28H,6-7,18-19H2,1-5H3. The van der Waals surface area contributed by atoms with Gasteiger partial charge in [-0.1, -0.05) is 43.2 Å². The minimum absolute atomic E-state index is 0.215. The molecule has 0 aliphatic carbocycles. The van der Waals surface area contributed by atoms with Crippen LogP contribution in [-0.2, 0) is 17.8 Å². The fourth-order valence-corrected chi connectivity index (χ4v) is 5.02. The molecule has 0 saturated carbocycles. The monoisotopic (exact) mass is 538 g/mol. The van der Waals surface area contributed by atoms with Crippen molar-refractivity contribution < 1.29 is 9.53 Å². The zero-order chi connectivity index (χ0) is 28.4. The molecule has 4 aromatic rings. The molecule has 1 unspecified atom stereocenters. The van der Waals surface area contributed by atoms with E-state index in [4.69, 9.17) is 14.8 Å². The summed E-state index contributed by atoms with van der Waals surface area (Å²) < 4.78 is 8.33. The van der Waals surface area contributed by atoms with Crippen LogP contribution in [0.5, 0.6) is 5.75 Å². The Kier molecular flexibility index (Phi) is 7.64. The number of aromatic nitrogens is 4. The fourth-order valence-electron chi connectivity index (χ4n) is 5.02. The molecule has 0 spiro atoms. The molecular weight excluding hydrogens is 504 g/mol. The van der Waals surface area contributed by atoms with E-state index in [9.17, 15) is 9.59 Å². The molecule has 0 bridgehead atoms. The SMILES string of the molecule is CCCc1cc(=O)n(CC(=O)N2N=C(c3ccc(OC)cc3)CC2c2ccc(C)cc2)c(-n2nc(C)cc2C)n1.